The molecule has 0 aliphatic carbocycles. The Hall–Kier alpha value is -2.37. The average Bonchev–Trinajstić information content (AvgIpc) is 2.92. The zero-order valence-corrected chi connectivity index (χ0v) is 18.5. The van der Waals surface area contributed by atoms with Crippen molar-refractivity contribution in [3.05, 3.63) is 23.2 Å². The largest absolute Gasteiger partial charge is 0.444 e. The van der Waals surface area contributed by atoms with E-state index >= 15 is 0 Å². The molecule has 2 atom stereocenters. The molecule has 10 nitrogen and oxygen atoms in total. The van der Waals surface area contributed by atoms with Crippen molar-refractivity contribution in [2.45, 2.75) is 38.8 Å². The van der Waals surface area contributed by atoms with Crippen molar-refractivity contribution in [2.24, 2.45) is 5.92 Å². The molecule has 12 heteroatoms. The highest BCUT2D eigenvalue weighted by Crippen LogP contribution is 2.34. The molecule has 1 saturated heterocycles. The Morgan fingerprint density at radius 2 is 2.00 bits per heavy atom. The molecule has 1 aliphatic rings. The Morgan fingerprint density at radius 1 is 1.37 bits per heavy atom. The Bertz CT molecular complexity index is 959. The Labute approximate surface area is 179 Å². The minimum atomic E-state index is -4.39. The topological polar surface area (TPSA) is 142 Å². The quantitative estimate of drug-likeness (QED) is 0.569. The number of hydrogen-bond acceptors (Lipinski definition) is 6. The predicted octanol–water partition coefficient (Wildman–Crippen LogP) is 2.04. The molecule has 1 aliphatic heterocycles. The Kier molecular flexibility index (Phi) is 7.00. The lowest BCUT2D eigenvalue weighted by Crippen LogP contribution is -2.47. The number of carbonyl (C=O) groups excluding carboxylic acids is 3. The zero-order valence-electron chi connectivity index (χ0n) is 16.9. The molecule has 1 aromatic rings. The second kappa shape index (κ2) is 8.78. The van der Waals surface area contributed by atoms with Gasteiger partial charge in [-0.05, 0) is 32.9 Å². The van der Waals surface area contributed by atoms with Gasteiger partial charge in [0.2, 0.25) is 11.8 Å². The van der Waals surface area contributed by atoms with Gasteiger partial charge in [0.1, 0.15) is 11.6 Å². The first-order valence-electron chi connectivity index (χ1n) is 8.98. The number of hydrogen-bond donors (Lipinski definition) is 3. The van der Waals surface area contributed by atoms with E-state index in [1.165, 1.54) is 19.2 Å². The number of nitrogens with one attached hydrogen (secondary N) is 2. The summed E-state index contributed by atoms with van der Waals surface area (Å²) < 4.78 is 36.8. The lowest BCUT2D eigenvalue weighted by Gasteiger charge is -2.27. The molecule has 0 spiro atoms. The number of carbonyl (C=O) groups is 3. The summed E-state index contributed by atoms with van der Waals surface area (Å²) in [5.74, 6) is -2.82. The van der Waals surface area contributed by atoms with Crippen LogP contribution in [0.5, 0.6) is 0 Å². The van der Waals surface area contributed by atoms with Crippen LogP contribution in [-0.4, -0.2) is 55.3 Å². The van der Waals surface area contributed by atoms with Crippen LogP contribution in [-0.2, 0) is 24.4 Å². The van der Waals surface area contributed by atoms with Crippen LogP contribution < -0.4 is 15.5 Å². The van der Waals surface area contributed by atoms with E-state index in [1.807, 2.05) is 0 Å². The zero-order chi connectivity index (χ0) is 22.9. The number of halogens is 1. The molecule has 0 bridgehead atoms. The SMILES string of the molecule is CN(C(=O)[C@H]1NC(=O)C[C@@H]1CS(=O)(=O)O)c1cccc(Cl)c1NC(=O)OC(C)(C)C. The monoisotopic (exact) mass is 461 g/mol. The number of nitrogens with zero attached hydrogens (tertiary/aromatic N) is 1. The fraction of sp³-hybridized carbons (Fsp3) is 0.500. The molecule has 0 aromatic heterocycles. The lowest BCUT2D eigenvalue weighted by atomic mass is 10.0. The maximum absolute atomic E-state index is 13.0. The van der Waals surface area contributed by atoms with Crippen LogP contribution in [0.1, 0.15) is 27.2 Å². The highest BCUT2D eigenvalue weighted by molar-refractivity contribution is 7.85. The number of para-hydroxylation sites is 1. The van der Waals surface area contributed by atoms with Gasteiger partial charge in [-0.3, -0.25) is 19.5 Å². The van der Waals surface area contributed by atoms with Crippen LogP contribution in [0.2, 0.25) is 5.02 Å². The van der Waals surface area contributed by atoms with Gasteiger partial charge < -0.3 is 15.0 Å². The summed E-state index contributed by atoms with van der Waals surface area (Å²) in [6.07, 6.45) is -1.00. The number of rotatable bonds is 5. The van der Waals surface area contributed by atoms with Crippen LogP contribution in [0.3, 0.4) is 0 Å². The van der Waals surface area contributed by atoms with Crippen molar-refractivity contribution in [3.8, 4) is 0 Å². The molecule has 0 unspecified atom stereocenters. The fourth-order valence-corrected chi connectivity index (χ4v) is 4.11. The van der Waals surface area contributed by atoms with Crippen LogP contribution in [0.4, 0.5) is 16.2 Å². The van der Waals surface area contributed by atoms with Gasteiger partial charge in [0.15, 0.2) is 0 Å². The maximum atomic E-state index is 13.0. The summed E-state index contributed by atoms with van der Waals surface area (Å²) in [5.41, 5.74) is -0.435. The molecule has 1 fully saturated rings. The highest BCUT2D eigenvalue weighted by atomic mass is 35.5. The Morgan fingerprint density at radius 3 is 2.57 bits per heavy atom. The molecule has 1 aromatic carbocycles. The van der Waals surface area contributed by atoms with Crippen LogP contribution in [0.25, 0.3) is 0 Å². The summed E-state index contributed by atoms with van der Waals surface area (Å²) in [6, 6.07) is 3.42. The normalized spacial score (nSPS) is 19.2. The minimum Gasteiger partial charge on any atom is -0.444 e. The summed E-state index contributed by atoms with van der Waals surface area (Å²) in [7, 11) is -3.00. The highest BCUT2D eigenvalue weighted by Gasteiger charge is 2.41. The van der Waals surface area contributed by atoms with Gasteiger partial charge in [-0.15, -0.1) is 0 Å². The van der Waals surface area contributed by atoms with Gasteiger partial charge in [0, 0.05) is 19.4 Å². The van der Waals surface area contributed by atoms with Gasteiger partial charge >= 0.3 is 6.09 Å². The van der Waals surface area contributed by atoms with Crippen molar-refractivity contribution in [1.29, 1.82) is 0 Å². The predicted molar refractivity (Wildman–Crippen MR) is 111 cm³/mol. The first-order valence-corrected chi connectivity index (χ1v) is 11.0. The summed E-state index contributed by atoms with van der Waals surface area (Å²) in [4.78, 5) is 38.1. The summed E-state index contributed by atoms with van der Waals surface area (Å²) >= 11 is 6.20. The molecule has 3 N–H and O–H groups in total. The van der Waals surface area contributed by atoms with E-state index in [9.17, 15) is 22.8 Å². The second-order valence-electron chi connectivity index (χ2n) is 7.92. The van der Waals surface area contributed by atoms with E-state index in [1.54, 1.807) is 26.8 Å². The van der Waals surface area contributed by atoms with Crippen molar-refractivity contribution in [3.63, 3.8) is 0 Å². The van der Waals surface area contributed by atoms with Crippen molar-refractivity contribution >= 4 is 51.0 Å². The smallest absolute Gasteiger partial charge is 0.412 e. The third-order valence-electron chi connectivity index (χ3n) is 4.24. The molecule has 3 amide bonds. The minimum absolute atomic E-state index is 0.111. The lowest BCUT2D eigenvalue weighted by molar-refractivity contribution is -0.124. The second-order valence-corrected chi connectivity index (χ2v) is 9.82. The van der Waals surface area contributed by atoms with E-state index in [0.29, 0.717) is 0 Å². The first-order chi connectivity index (χ1) is 13.7. The first kappa shape index (κ1) is 23.9. The molecular formula is C18H24ClN3O7S. The standard InChI is InChI=1S/C18H24ClN3O7S/c1-18(2,3)29-17(25)21-15-11(19)6-5-7-12(15)22(4)16(24)14-10(8-13(23)20-14)9-30(26,27)28/h5-7,10,14H,8-9H2,1-4H3,(H,20,23)(H,21,25)(H,26,27,28)/t10-,14+/m1/s1. The molecule has 2 rings (SSSR count). The molecule has 1 heterocycles. The fourth-order valence-electron chi connectivity index (χ4n) is 3.04. The third kappa shape index (κ3) is 6.31. The Balaban J connectivity index is 2.30. The number of amides is 3. The van der Waals surface area contributed by atoms with Crippen molar-refractivity contribution in [2.75, 3.05) is 23.0 Å². The van der Waals surface area contributed by atoms with E-state index in [4.69, 9.17) is 20.9 Å². The third-order valence-corrected chi connectivity index (χ3v) is 5.40. The van der Waals surface area contributed by atoms with Crippen LogP contribution in [0, 0.1) is 5.92 Å². The molecular weight excluding hydrogens is 438 g/mol. The number of ether oxygens (including phenoxy) is 1. The van der Waals surface area contributed by atoms with E-state index in [2.05, 4.69) is 10.6 Å². The van der Waals surface area contributed by atoms with E-state index < -0.39 is 51.3 Å². The van der Waals surface area contributed by atoms with Crippen molar-refractivity contribution in [1.82, 2.24) is 5.32 Å². The van der Waals surface area contributed by atoms with E-state index in [-0.39, 0.29) is 22.8 Å². The molecule has 30 heavy (non-hydrogen) atoms. The average molecular weight is 462 g/mol. The molecule has 0 radical (unpaired) electrons. The molecule has 166 valence electrons. The van der Waals surface area contributed by atoms with Gasteiger partial charge in [-0.1, -0.05) is 17.7 Å². The van der Waals surface area contributed by atoms with Gasteiger partial charge in [0.05, 0.1) is 22.2 Å². The summed E-state index contributed by atoms with van der Waals surface area (Å²) in [6.45, 7) is 5.07. The van der Waals surface area contributed by atoms with Crippen LogP contribution >= 0.6 is 11.6 Å². The van der Waals surface area contributed by atoms with Gasteiger partial charge in [-0.2, -0.15) is 8.42 Å². The van der Waals surface area contributed by atoms with Crippen LogP contribution in [0.15, 0.2) is 18.2 Å². The maximum Gasteiger partial charge on any atom is 0.412 e. The van der Waals surface area contributed by atoms with Gasteiger partial charge in [0.25, 0.3) is 10.1 Å². The number of benzene rings is 1. The summed E-state index contributed by atoms with van der Waals surface area (Å²) in [5, 5.41) is 5.08. The van der Waals surface area contributed by atoms with Gasteiger partial charge in [-0.25, -0.2) is 4.79 Å². The number of likely N-dealkylation sites (N-methyl/N-ethyl adjacent to an activating group) is 1. The van der Waals surface area contributed by atoms with Crippen molar-refractivity contribution < 1.29 is 32.1 Å². The number of anilines is 2. The molecule has 0 saturated carbocycles. The van der Waals surface area contributed by atoms with E-state index in [0.717, 1.165) is 4.90 Å².